The van der Waals surface area contributed by atoms with Gasteiger partial charge in [0.1, 0.15) is 5.75 Å². The summed E-state index contributed by atoms with van der Waals surface area (Å²) in [6.45, 7) is 4.92. The average molecular weight is 424 g/mol. The molecule has 2 amide bonds. The Morgan fingerprint density at radius 2 is 1.94 bits per heavy atom. The molecule has 0 aromatic heterocycles. The maximum atomic E-state index is 12.6. The number of benzene rings is 2. The lowest BCUT2D eigenvalue weighted by atomic mass is 10.1. The number of carbonyl (C=O) groups excluding carboxylic acids is 2. The van der Waals surface area contributed by atoms with Crippen LogP contribution in [0.3, 0.4) is 0 Å². The lowest BCUT2D eigenvalue weighted by Crippen LogP contribution is -2.38. The van der Waals surface area contributed by atoms with E-state index in [4.69, 9.17) is 9.47 Å². The number of nitrogens with one attached hydrogen (secondary N) is 2. The van der Waals surface area contributed by atoms with E-state index in [1.807, 2.05) is 24.3 Å². The highest BCUT2D eigenvalue weighted by molar-refractivity contribution is 6.07. The maximum absolute atomic E-state index is 12.6. The molecule has 0 aliphatic carbocycles. The summed E-state index contributed by atoms with van der Waals surface area (Å²) in [4.78, 5) is 27.3. The molecule has 0 atom stereocenters. The quantitative estimate of drug-likeness (QED) is 0.479. The van der Waals surface area contributed by atoms with Crippen LogP contribution in [0.4, 0.5) is 5.69 Å². The van der Waals surface area contributed by atoms with Crippen molar-refractivity contribution in [1.29, 1.82) is 0 Å². The van der Waals surface area contributed by atoms with Gasteiger partial charge in [0.15, 0.2) is 0 Å². The molecule has 7 heteroatoms. The van der Waals surface area contributed by atoms with Crippen molar-refractivity contribution in [2.24, 2.45) is 0 Å². The fourth-order valence-electron chi connectivity index (χ4n) is 3.31. The molecule has 31 heavy (non-hydrogen) atoms. The van der Waals surface area contributed by atoms with E-state index in [9.17, 15) is 9.59 Å². The molecule has 2 aromatic carbocycles. The smallest absolute Gasteiger partial charge is 0.253 e. The monoisotopic (exact) mass is 423 g/mol. The van der Waals surface area contributed by atoms with Gasteiger partial charge < -0.3 is 20.1 Å². The maximum Gasteiger partial charge on any atom is 0.253 e. The summed E-state index contributed by atoms with van der Waals surface area (Å²) < 4.78 is 10.5. The Morgan fingerprint density at radius 1 is 1.13 bits per heavy atom. The summed E-state index contributed by atoms with van der Waals surface area (Å²) in [6.07, 6.45) is 4.00. The summed E-state index contributed by atoms with van der Waals surface area (Å²) >= 11 is 0. The number of hydrogen-bond acceptors (Lipinski definition) is 5. The first-order chi connectivity index (χ1) is 15.2. The van der Waals surface area contributed by atoms with Gasteiger partial charge in [0.05, 0.1) is 31.6 Å². The number of hydrogen-bond donors (Lipinski definition) is 2. The van der Waals surface area contributed by atoms with Gasteiger partial charge in [-0.2, -0.15) is 0 Å². The number of anilines is 1. The van der Waals surface area contributed by atoms with E-state index in [-0.39, 0.29) is 11.8 Å². The van der Waals surface area contributed by atoms with Crippen molar-refractivity contribution < 1.29 is 19.1 Å². The van der Waals surface area contributed by atoms with Crippen molar-refractivity contribution in [3.63, 3.8) is 0 Å². The Balaban J connectivity index is 1.52. The number of para-hydroxylation sites is 1. The average Bonchev–Trinajstić information content (AvgIpc) is 2.81. The first-order valence-corrected chi connectivity index (χ1v) is 10.5. The first kappa shape index (κ1) is 22.5. The van der Waals surface area contributed by atoms with E-state index in [2.05, 4.69) is 15.5 Å². The van der Waals surface area contributed by atoms with E-state index in [0.29, 0.717) is 17.8 Å². The van der Waals surface area contributed by atoms with Gasteiger partial charge in [-0.25, -0.2) is 0 Å². The van der Waals surface area contributed by atoms with Crippen LogP contribution in [0.2, 0.25) is 0 Å². The predicted octanol–water partition coefficient (Wildman–Crippen LogP) is 2.80. The van der Waals surface area contributed by atoms with Gasteiger partial charge in [-0.1, -0.05) is 24.3 Å². The Morgan fingerprint density at radius 3 is 2.74 bits per heavy atom. The number of nitrogens with zero attached hydrogens (tertiary/aromatic N) is 1. The standard InChI is InChI=1S/C24H29N3O4/c1-30-20-7-4-6-19(18-20)10-11-23(28)26-22-9-3-2-8-21(22)24(29)25-12-5-13-27-14-16-31-17-15-27/h2-4,6-11,18H,5,12-17H2,1H3,(H,25,29)(H,26,28)/b11-10+. The SMILES string of the molecule is COc1cccc(/C=C/C(=O)Nc2ccccc2C(=O)NCCCN2CCOCC2)c1. The highest BCUT2D eigenvalue weighted by Crippen LogP contribution is 2.16. The van der Waals surface area contributed by atoms with Crippen molar-refractivity contribution in [2.45, 2.75) is 6.42 Å². The minimum absolute atomic E-state index is 0.199. The summed E-state index contributed by atoms with van der Waals surface area (Å²) in [5.74, 6) is 0.211. The second kappa shape index (κ2) is 11.9. The fraction of sp³-hybridized carbons (Fsp3) is 0.333. The topological polar surface area (TPSA) is 79.9 Å². The molecule has 3 rings (SSSR count). The number of rotatable bonds is 9. The van der Waals surface area contributed by atoms with E-state index < -0.39 is 0 Å². The zero-order valence-corrected chi connectivity index (χ0v) is 17.8. The molecule has 0 unspecified atom stereocenters. The predicted molar refractivity (Wildman–Crippen MR) is 121 cm³/mol. The Hall–Kier alpha value is -3.16. The van der Waals surface area contributed by atoms with Gasteiger partial charge in [0.25, 0.3) is 5.91 Å². The summed E-state index contributed by atoms with van der Waals surface area (Å²) in [7, 11) is 1.60. The van der Waals surface area contributed by atoms with Crippen LogP contribution in [-0.4, -0.2) is 63.2 Å². The third-order valence-corrected chi connectivity index (χ3v) is 4.99. The third-order valence-electron chi connectivity index (χ3n) is 4.99. The molecule has 0 saturated carbocycles. The second-order valence-corrected chi connectivity index (χ2v) is 7.21. The van der Waals surface area contributed by atoms with Crippen molar-refractivity contribution in [2.75, 3.05) is 51.8 Å². The molecule has 2 aromatic rings. The highest BCUT2D eigenvalue weighted by atomic mass is 16.5. The molecule has 7 nitrogen and oxygen atoms in total. The Labute approximate surface area is 183 Å². The molecule has 1 aliphatic heterocycles. The number of ether oxygens (including phenoxy) is 2. The number of methoxy groups -OCH3 is 1. The Kier molecular flexibility index (Phi) is 8.63. The van der Waals surface area contributed by atoms with Crippen LogP contribution in [0, 0.1) is 0 Å². The fourth-order valence-corrected chi connectivity index (χ4v) is 3.31. The van der Waals surface area contributed by atoms with Crippen molar-refractivity contribution in [3.8, 4) is 5.75 Å². The minimum atomic E-state index is -0.310. The summed E-state index contributed by atoms with van der Waals surface area (Å²) in [5.41, 5.74) is 1.77. The first-order valence-electron chi connectivity index (χ1n) is 10.5. The van der Waals surface area contributed by atoms with Gasteiger partial charge in [0, 0.05) is 25.7 Å². The third kappa shape index (κ3) is 7.24. The molecule has 0 spiro atoms. The van der Waals surface area contributed by atoms with Crippen LogP contribution in [0.15, 0.2) is 54.6 Å². The molecule has 0 radical (unpaired) electrons. The van der Waals surface area contributed by atoms with Crippen LogP contribution in [-0.2, 0) is 9.53 Å². The molecule has 0 bridgehead atoms. The molecule has 2 N–H and O–H groups in total. The highest BCUT2D eigenvalue weighted by Gasteiger charge is 2.13. The molecular weight excluding hydrogens is 394 g/mol. The molecule has 1 fully saturated rings. The summed E-state index contributed by atoms with van der Waals surface area (Å²) in [6, 6.07) is 14.4. The van der Waals surface area contributed by atoms with Crippen LogP contribution in [0.1, 0.15) is 22.3 Å². The molecule has 1 aliphatic rings. The van der Waals surface area contributed by atoms with Crippen LogP contribution < -0.4 is 15.4 Å². The zero-order chi connectivity index (χ0) is 21.9. The van der Waals surface area contributed by atoms with Crippen LogP contribution in [0.5, 0.6) is 5.75 Å². The number of carbonyl (C=O) groups is 2. The van der Waals surface area contributed by atoms with Crippen LogP contribution >= 0.6 is 0 Å². The lowest BCUT2D eigenvalue weighted by Gasteiger charge is -2.26. The molecular formula is C24H29N3O4. The van der Waals surface area contributed by atoms with Gasteiger partial charge in [-0.05, 0) is 48.9 Å². The van der Waals surface area contributed by atoms with E-state index in [0.717, 1.165) is 50.6 Å². The summed E-state index contributed by atoms with van der Waals surface area (Å²) in [5, 5.41) is 5.74. The van der Waals surface area contributed by atoms with E-state index in [1.54, 1.807) is 37.5 Å². The van der Waals surface area contributed by atoms with Crippen LogP contribution in [0.25, 0.3) is 6.08 Å². The largest absolute Gasteiger partial charge is 0.497 e. The van der Waals surface area contributed by atoms with Gasteiger partial charge in [-0.15, -0.1) is 0 Å². The Bertz CT molecular complexity index is 907. The molecule has 1 saturated heterocycles. The molecule has 164 valence electrons. The molecule has 1 heterocycles. The minimum Gasteiger partial charge on any atom is -0.497 e. The van der Waals surface area contributed by atoms with Gasteiger partial charge >= 0.3 is 0 Å². The van der Waals surface area contributed by atoms with Crippen molar-refractivity contribution in [3.05, 3.63) is 65.7 Å². The van der Waals surface area contributed by atoms with E-state index >= 15 is 0 Å². The number of amides is 2. The zero-order valence-electron chi connectivity index (χ0n) is 17.8. The normalized spacial score (nSPS) is 14.4. The lowest BCUT2D eigenvalue weighted by molar-refractivity contribution is -0.111. The van der Waals surface area contributed by atoms with Crippen molar-refractivity contribution >= 4 is 23.6 Å². The van der Waals surface area contributed by atoms with Crippen molar-refractivity contribution in [1.82, 2.24) is 10.2 Å². The van der Waals surface area contributed by atoms with Gasteiger partial charge in [0.2, 0.25) is 5.91 Å². The number of morpholine rings is 1. The second-order valence-electron chi connectivity index (χ2n) is 7.21. The van der Waals surface area contributed by atoms with E-state index in [1.165, 1.54) is 6.08 Å². The van der Waals surface area contributed by atoms with Gasteiger partial charge in [-0.3, -0.25) is 14.5 Å².